The first-order valence-electron chi connectivity index (χ1n) is 7.21. The molecule has 106 valence electrons. The molecule has 0 heterocycles. The maximum absolute atomic E-state index is 12.5. The Bertz CT molecular complexity index is 921. The number of Topliss-reactive ketones (excluding diaryl/α,β-unsaturated/α-hetero) is 1. The summed E-state index contributed by atoms with van der Waals surface area (Å²) in [6.45, 7) is 0. The molecule has 0 amide bonds. The van der Waals surface area contributed by atoms with Gasteiger partial charge < -0.3 is 4.74 Å². The van der Waals surface area contributed by atoms with Crippen LogP contribution < -0.4 is 0 Å². The van der Waals surface area contributed by atoms with Crippen LogP contribution in [0, 0.1) is 0 Å². The average Bonchev–Trinajstić information content (AvgIpc) is 2.58. The predicted octanol–water partition coefficient (Wildman–Crippen LogP) is 4.69. The van der Waals surface area contributed by atoms with Gasteiger partial charge in [-0.1, -0.05) is 60.7 Å². The number of methoxy groups -OCH3 is 1. The summed E-state index contributed by atoms with van der Waals surface area (Å²) in [4.78, 5) is 12.5. The van der Waals surface area contributed by atoms with Crippen LogP contribution in [0.1, 0.15) is 15.9 Å². The Kier molecular flexibility index (Phi) is 2.83. The van der Waals surface area contributed by atoms with Gasteiger partial charge in [-0.2, -0.15) is 0 Å². The summed E-state index contributed by atoms with van der Waals surface area (Å²) in [6, 6.07) is 20.2. The Labute approximate surface area is 128 Å². The molecule has 0 bridgehead atoms. The summed E-state index contributed by atoms with van der Waals surface area (Å²) in [5, 5.41) is 2.08. The van der Waals surface area contributed by atoms with Crippen molar-refractivity contribution in [1.82, 2.24) is 0 Å². The van der Waals surface area contributed by atoms with E-state index in [-0.39, 0.29) is 5.78 Å². The van der Waals surface area contributed by atoms with E-state index in [0.29, 0.717) is 11.3 Å². The van der Waals surface area contributed by atoms with E-state index in [9.17, 15) is 4.79 Å². The second-order valence-electron chi connectivity index (χ2n) is 5.34. The first-order valence-corrected chi connectivity index (χ1v) is 7.21. The van der Waals surface area contributed by atoms with Gasteiger partial charge in [0.25, 0.3) is 0 Å². The first kappa shape index (κ1) is 12.8. The maximum Gasteiger partial charge on any atom is 0.228 e. The SMILES string of the molecule is COC1=Cc2c(-c3ccccc3)ccc3cccc(c23)C1=O. The number of allylic oxidation sites excluding steroid dienone is 1. The van der Waals surface area contributed by atoms with Crippen molar-refractivity contribution in [2.45, 2.75) is 0 Å². The van der Waals surface area contributed by atoms with E-state index >= 15 is 0 Å². The van der Waals surface area contributed by atoms with E-state index in [4.69, 9.17) is 4.74 Å². The fourth-order valence-electron chi connectivity index (χ4n) is 3.10. The van der Waals surface area contributed by atoms with Gasteiger partial charge >= 0.3 is 0 Å². The van der Waals surface area contributed by atoms with Gasteiger partial charge in [0.2, 0.25) is 5.78 Å². The first-order chi connectivity index (χ1) is 10.8. The molecule has 0 saturated heterocycles. The summed E-state index contributed by atoms with van der Waals surface area (Å²) >= 11 is 0. The maximum atomic E-state index is 12.5. The second-order valence-corrected chi connectivity index (χ2v) is 5.34. The van der Waals surface area contributed by atoms with Gasteiger partial charge in [-0.05, 0) is 28.2 Å². The molecular weight excluding hydrogens is 272 g/mol. The summed E-state index contributed by atoms with van der Waals surface area (Å²) < 4.78 is 5.29. The van der Waals surface area contributed by atoms with Gasteiger partial charge in [0.1, 0.15) is 0 Å². The highest BCUT2D eigenvalue weighted by Gasteiger charge is 2.24. The lowest BCUT2D eigenvalue weighted by atomic mass is 9.86. The average molecular weight is 286 g/mol. The minimum atomic E-state index is -0.0502. The van der Waals surface area contributed by atoms with E-state index < -0.39 is 0 Å². The van der Waals surface area contributed by atoms with Crippen molar-refractivity contribution in [3.63, 3.8) is 0 Å². The zero-order valence-electron chi connectivity index (χ0n) is 12.2. The van der Waals surface area contributed by atoms with Gasteiger partial charge in [-0.25, -0.2) is 0 Å². The van der Waals surface area contributed by atoms with Crippen molar-refractivity contribution in [1.29, 1.82) is 0 Å². The van der Waals surface area contributed by atoms with Crippen LogP contribution in [0.2, 0.25) is 0 Å². The number of benzene rings is 3. The van der Waals surface area contributed by atoms with Crippen molar-refractivity contribution in [3.8, 4) is 11.1 Å². The monoisotopic (exact) mass is 286 g/mol. The summed E-state index contributed by atoms with van der Waals surface area (Å²) in [6.07, 6.45) is 1.86. The molecule has 0 N–H and O–H groups in total. The lowest BCUT2D eigenvalue weighted by molar-refractivity contribution is 0.0957. The van der Waals surface area contributed by atoms with E-state index in [0.717, 1.165) is 27.5 Å². The topological polar surface area (TPSA) is 26.3 Å². The molecule has 22 heavy (non-hydrogen) atoms. The van der Waals surface area contributed by atoms with Crippen LogP contribution in [0.5, 0.6) is 0 Å². The molecule has 1 aliphatic rings. The van der Waals surface area contributed by atoms with Gasteiger partial charge in [-0.3, -0.25) is 4.79 Å². The molecule has 1 aliphatic carbocycles. The Hall–Kier alpha value is -2.87. The second kappa shape index (κ2) is 4.85. The number of ketones is 1. The fourth-order valence-corrected chi connectivity index (χ4v) is 3.10. The molecule has 0 saturated carbocycles. The molecule has 3 aromatic carbocycles. The summed E-state index contributed by atoms with van der Waals surface area (Å²) in [5.41, 5.74) is 4.01. The number of carbonyl (C=O) groups is 1. The van der Waals surface area contributed by atoms with Crippen LogP contribution in [0.3, 0.4) is 0 Å². The molecular formula is C20H14O2. The number of hydrogen-bond donors (Lipinski definition) is 0. The van der Waals surface area contributed by atoms with Gasteiger partial charge in [0, 0.05) is 10.9 Å². The summed E-state index contributed by atoms with van der Waals surface area (Å²) in [5.74, 6) is 0.342. The highest BCUT2D eigenvalue weighted by molar-refractivity contribution is 6.23. The van der Waals surface area contributed by atoms with Crippen LogP contribution in [-0.2, 0) is 4.74 Å². The molecule has 0 fully saturated rings. The van der Waals surface area contributed by atoms with Crippen molar-refractivity contribution >= 4 is 22.6 Å². The number of hydrogen-bond acceptors (Lipinski definition) is 2. The predicted molar refractivity (Wildman–Crippen MR) is 88.7 cm³/mol. The third-order valence-electron chi connectivity index (χ3n) is 4.13. The Morgan fingerprint density at radius 3 is 2.41 bits per heavy atom. The quantitative estimate of drug-likeness (QED) is 0.683. The van der Waals surface area contributed by atoms with E-state index in [1.807, 2.05) is 42.5 Å². The van der Waals surface area contributed by atoms with E-state index in [1.54, 1.807) is 7.11 Å². The molecule has 0 unspecified atom stereocenters. The third kappa shape index (κ3) is 1.77. The van der Waals surface area contributed by atoms with Crippen molar-refractivity contribution in [2.75, 3.05) is 7.11 Å². The molecule has 0 aromatic heterocycles. The van der Waals surface area contributed by atoms with Gasteiger partial charge in [-0.15, -0.1) is 0 Å². The number of ether oxygens (including phenoxy) is 1. The van der Waals surface area contributed by atoms with Crippen molar-refractivity contribution in [2.24, 2.45) is 0 Å². The van der Waals surface area contributed by atoms with E-state index in [1.165, 1.54) is 0 Å². The zero-order valence-corrected chi connectivity index (χ0v) is 12.2. The van der Waals surface area contributed by atoms with Crippen LogP contribution in [0.25, 0.3) is 28.0 Å². The van der Waals surface area contributed by atoms with Crippen LogP contribution in [0.15, 0.2) is 66.4 Å². The highest BCUT2D eigenvalue weighted by atomic mass is 16.5. The minimum absolute atomic E-state index is 0.0502. The Morgan fingerprint density at radius 1 is 0.818 bits per heavy atom. The summed E-state index contributed by atoms with van der Waals surface area (Å²) in [7, 11) is 1.54. The molecule has 0 radical (unpaired) electrons. The van der Waals surface area contributed by atoms with Crippen molar-refractivity contribution in [3.05, 3.63) is 77.5 Å². The minimum Gasteiger partial charge on any atom is -0.493 e. The molecule has 0 spiro atoms. The Balaban J connectivity index is 2.12. The van der Waals surface area contributed by atoms with Gasteiger partial charge in [0.15, 0.2) is 5.76 Å². The molecule has 3 aromatic rings. The lowest BCUT2D eigenvalue weighted by Crippen LogP contribution is -2.10. The smallest absolute Gasteiger partial charge is 0.228 e. The highest BCUT2D eigenvalue weighted by Crippen LogP contribution is 2.37. The molecule has 2 heteroatoms. The fraction of sp³-hybridized carbons (Fsp3) is 0.0500. The zero-order chi connectivity index (χ0) is 15.1. The van der Waals surface area contributed by atoms with Crippen LogP contribution in [-0.4, -0.2) is 12.9 Å². The largest absolute Gasteiger partial charge is 0.493 e. The van der Waals surface area contributed by atoms with Crippen LogP contribution >= 0.6 is 0 Å². The normalized spacial score (nSPS) is 13.1. The molecule has 4 rings (SSSR count). The molecule has 2 nitrogen and oxygen atoms in total. The van der Waals surface area contributed by atoms with E-state index in [2.05, 4.69) is 24.3 Å². The third-order valence-corrected chi connectivity index (χ3v) is 4.13. The molecule has 0 aliphatic heterocycles. The van der Waals surface area contributed by atoms with Crippen molar-refractivity contribution < 1.29 is 9.53 Å². The number of carbonyl (C=O) groups excluding carboxylic acids is 1. The van der Waals surface area contributed by atoms with Crippen LogP contribution in [0.4, 0.5) is 0 Å². The lowest BCUT2D eigenvalue weighted by Gasteiger charge is -2.19. The Morgan fingerprint density at radius 2 is 1.64 bits per heavy atom. The standard InChI is InChI=1S/C20H14O2/c1-22-18-12-17-15(13-6-3-2-4-7-13)11-10-14-8-5-9-16(19(14)17)20(18)21/h2-12H,1H3. The molecule has 0 atom stereocenters. The number of rotatable bonds is 2. The van der Waals surface area contributed by atoms with Gasteiger partial charge in [0.05, 0.1) is 7.11 Å².